The quantitative estimate of drug-likeness (QED) is 0.477. The Morgan fingerprint density at radius 3 is 2.52 bits per heavy atom. The van der Waals surface area contributed by atoms with Gasteiger partial charge in [0.1, 0.15) is 0 Å². The molecule has 0 spiro atoms. The highest BCUT2D eigenvalue weighted by Crippen LogP contribution is 2.29. The van der Waals surface area contributed by atoms with Gasteiger partial charge in [-0.3, -0.25) is 9.63 Å². The van der Waals surface area contributed by atoms with Crippen molar-refractivity contribution in [2.75, 3.05) is 14.2 Å². The Labute approximate surface area is 169 Å². The van der Waals surface area contributed by atoms with Crippen molar-refractivity contribution in [3.05, 3.63) is 71.4 Å². The monoisotopic (exact) mass is 409 g/mol. The van der Waals surface area contributed by atoms with E-state index in [1.54, 1.807) is 30.3 Å². The first-order valence-electron chi connectivity index (χ1n) is 8.66. The fourth-order valence-corrected chi connectivity index (χ4v) is 4.26. The van der Waals surface area contributed by atoms with E-state index in [0.717, 1.165) is 14.6 Å². The molecule has 0 aliphatic rings. The molecule has 0 atom stereocenters. The first kappa shape index (κ1) is 20.3. The molecule has 3 aromatic rings. The fraction of sp³-hybridized carbons (Fsp3) is 0.143. The third-order valence-electron chi connectivity index (χ3n) is 4.51. The topological polar surface area (TPSA) is 92.4 Å². The van der Waals surface area contributed by atoms with E-state index in [2.05, 4.69) is 6.07 Å². The minimum Gasteiger partial charge on any atom is -0.274 e. The Kier molecular flexibility index (Phi) is 5.55. The van der Waals surface area contributed by atoms with Crippen molar-refractivity contribution in [1.82, 2.24) is 9.04 Å². The van der Waals surface area contributed by atoms with Crippen LogP contribution >= 0.6 is 0 Å². The number of amides is 1. The van der Waals surface area contributed by atoms with Gasteiger partial charge in [-0.15, -0.1) is 0 Å². The first-order chi connectivity index (χ1) is 13.8. The molecule has 1 amide bonds. The van der Waals surface area contributed by atoms with Crippen LogP contribution in [-0.2, 0) is 19.7 Å². The number of aromatic nitrogens is 1. The maximum atomic E-state index is 13.2. The van der Waals surface area contributed by atoms with Crippen LogP contribution in [0.25, 0.3) is 17.0 Å². The third kappa shape index (κ3) is 3.78. The summed E-state index contributed by atoms with van der Waals surface area (Å²) in [5.41, 5.74) is 2.05. The summed E-state index contributed by atoms with van der Waals surface area (Å²) in [5, 5.41) is 11.0. The van der Waals surface area contributed by atoms with Crippen molar-refractivity contribution < 1.29 is 18.0 Å². The molecule has 0 N–H and O–H groups in total. The Morgan fingerprint density at radius 2 is 1.90 bits per heavy atom. The van der Waals surface area contributed by atoms with Crippen molar-refractivity contribution >= 4 is 32.9 Å². The Balaban J connectivity index is 2.22. The summed E-state index contributed by atoms with van der Waals surface area (Å²) in [6.45, 7) is 1.87. The third-order valence-corrected chi connectivity index (χ3v) is 6.20. The smallest absolute Gasteiger partial charge is 0.269 e. The molecule has 148 valence electrons. The number of carbonyl (C=O) groups is 1. The summed E-state index contributed by atoms with van der Waals surface area (Å²) in [6.07, 6.45) is 4.15. The summed E-state index contributed by atoms with van der Waals surface area (Å²) in [7, 11) is -1.08. The molecule has 7 nitrogen and oxygen atoms in total. The van der Waals surface area contributed by atoms with Gasteiger partial charge in [-0.05, 0) is 37.3 Å². The Hall–Kier alpha value is -3.41. The molecular weight excluding hydrogens is 390 g/mol. The average molecular weight is 409 g/mol. The summed E-state index contributed by atoms with van der Waals surface area (Å²) >= 11 is 0. The number of hydroxylamine groups is 2. The van der Waals surface area contributed by atoms with Crippen LogP contribution in [0, 0.1) is 18.3 Å². The van der Waals surface area contributed by atoms with Crippen molar-refractivity contribution in [2.24, 2.45) is 0 Å². The minimum absolute atomic E-state index is 0.132. The van der Waals surface area contributed by atoms with Gasteiger partial charge in [0, 0.05) is 30.3 Å². The van der Waals surface area contributed by atoms with Crippen LogP contribution in [-0.4, -0.2) is 37.5 Å². The second-order valence-corrected chi connectivity index (χ2v) is 8.18. The lowest BCUT2D eigenvalue weighted by atomic mass is 10.1. The highest BCUT2D eigenvalue weighted by Gasteiger charge is 2.22. The zero-order valence-electron chi connectivity index (χ0n) is 16.2. The molecule has 1 heterocycles. The maximum absolute atomic E-state index is 13.2. The molecule has 0 aliphatic heterocycles. The largest absolute Gasteiger partial charge is 0.274 e. The van der Waals surface area contributed by atoms with Gasteiger partial charge >= 0.3 is 0 Å². The van der Waals surface area contributed by atoms with Gasteiger partial charge in [0.2, 0.25) is 0 Å². The van der Waals surface area contributed by atoms with Crippen molar-refractivity contribution in [3.8, 4) is 6.07 Å². The predicted octanol–water partition coefficient (Wildman–Crippen LogP) is 3.09. The normalized spacial score (nSPS) is 11.7. The molecule has 2 aromatic carbocycles. The van der Waals surface area contributed by atoms with Crippen LogP contribution in [0.3, 0.4) is 0 Å². The van der Waals surface area contributed by atoms with E-state index in [1.807, 2.05) is 6.92 Å². The molecule has 0 bridgehead atoms. The lowest BCUT2D eigenvalue weighted by molar-refractivity contribution is -0.162. The number of aryl methyl sites for hydroxylation is 1. The van der Waals surface area contributed by atoms with Gasteiger partial charge in [0.25, 0.3) is 15.9 Å². The first-order valence-corrected chi connectivity index (χ1v) is 10.1. The van der Waals surface area contributed by atoms with E-state index >= 15 is 0 Å². The Morgan fingerprint density at radius 1 is 1.21 bits per heavy atom. The maximum Gasteiger partial charge on any atom is 0.269 e. The van der Waals surface area contributed by atoms with Crippen molar-refractivity contribution in [2.45, 2.75) is 11.8 Å². The minimum atomic E-state index is -3.89. The van der Waals surface area contributed by atoms with Gasteiger partial charge in [0.05, 0.1) is 29.2 Å². The van der Waals surface area contributed by atoms with Crippen LogP contribution in [0.1, 0.15) is 16.7 Å². The van der Waals surface area contributed by atoms with Crippen molar-refractivity contribution in [3.63, 3.8) is 0 Å². The van der Waals surface area contributed by atoms with Crippen LogP contribution in [0.5, 0.6) is 0 Å². The van der Waals surface area contributed by atoms with Crippen molar-refractivity contribution in [1.29, 1.82) is 5.26 Å². The average Bonchev–Trinajstić information content (AvgIpc) is 3.11. The highest BCUT2D eigenvalue weighted by atomic mass is 32.2. The molecule has 0 fully saturated rings. The van der Waals surface area contributed by atoms with Crippen LogP contribution in [0.15, 0.2) is 59.6 Å². The molecule has 29 heavy (non-hydrogen) atoms. The number of nitriles is 1. The fourth-order valence-electron chi connectivity index (χ4n) is 2.89. The van der Waals surface area contributed by atoms with Crippen LogP contribution < -0.4 is 0 Å². The summed E-state index contributed by atoms with van der Waals surface area (Å²) in [6, 6.07) is 13.5. The lowest BCUT2D eigenvalue weighted by Crippen LogP contribution is -2.22. The number of rotatable bonds is 5. The number of fused-ring (bicyclic) bond motifs is 1. The summed E-state index contributed by atoms with van der Waals surface area (Å²) in [5.74, 6) is -0.427. The highest BCUT2D eigenvalue weighted by molar-refractivity contribution is 7.90. The van der Waals surface area contributed by atoms with E-state index in [9.17, 15) is 18.5 Å². The number of benzene rings is 2. The zero-order valence-corrected chi connectivity index (χ0v) is 17.0. The molecule has 0 saturated heterocycles. The number of hydrogen-bond acceptors (Lipinski definition) is 5. The number of hydrogen-bond donors (Lipinski definition) is 0. The SMILES string of the molecule is CON(C)C(=O)/C=C/c1cn(S(=O)(=O)c2ccc(C)cc2)c2cccc(C#N)c12. The van der Waals surface area contributed by atoms with Gasteiger partial charge in [-0.25, -0.2) is 17.5 Å². The molecule has 0 unspecified atom stereocenters. The molecule has 0 aliphatic carbocycles. The standard InChI is InChI=1S/C21H19N3O4S/c1-15-7-10-18(11-8-15)29(26,27)24-14-17(9-12-20(25)23(2)28-3)21-16(13-22)5-4-6-19(21)24/h4-12,14H,1-3H3/b12-9+. The van der Waals surface area contributed by atoms with E-state index in [0.29, 0.717) is 22.0 Å². The number of likely N-dealkylation sites (N-methyl/N-ethyl adjacent to an activating group) is 1. The van der Waals surface area contributed by atoms with E-state index in [-0.39, 0.29) is 4.90 Å². The predicted molar refractivity (Wildman–Crippen MR) is 109 cm³/mol. The Bertz CT molecular complexity index is 1250. The second-order valence-electron chi connectivity index (χ2n) is 6.36. The molecule has 8 heteroatoms. The zero-order chi connectivity index (χ0) is 21.2. The number of nitrogens with zero attached hydrogens (tertiary/aromatic N) is 3. The van der Waals surface area contributed by atoms with Gasteiger partial charge in [-0.1, -0.05) is 23.8 Å². The van der Waals surface area contributed by atoms with Gasteiger partial charge in [-0.2, -0.15) is 5.26 Å². The van der Waals surface area contributed by atoms with E-state index < -0.39 is 15.9 Å². The molecule has 0 saturated carbocycles. The number of carbonyl (C=O) groups excluding carboxylic acids is 1. The van der Waals surface area contributed by atoms with E-state index in [1.165, 1.54) is 44.6 Å². The summed E-state index contributed by atoms with van der Waals surface area (Å²) in [4.78, 5) is 17.0. The van der Waals surface area contributed by atoms with Crippen LogP contribution in [0.4, 0.5) is 0 Å². The lowest BCUT2D eigenvalue weighted by Gasteiger charge is -2.09. The molecule has 3 rings (SSSR count). The second kappa shape index (κ2) is 7.91. The molecular formula is C21H19N3O4S. The molecule has 1 aromatic heterocycles. The summed E-state index contributed by atoms with van der Waals surface area (Å²) < 4.78 is 27.6. The van der Waals surface area contributed by atoms with Gasteiger partial charge < -0.3 is 0 Å². The molecule has 0 radical (unpaired) electrons. The van der Waals surface area contributed by atoms with E-state index in [4.69, 9.17) is 4.84 Å². The van der Waals surface area contributed by atoms with Crippen LogP contribution in [0.2, 0.25) is 0 Å². The van der Waals surface area contributed by atoms with Gasteiger partial charge in [0.15, 0.2) is 0 Å².